The Morgan fingerprint density at radius 2 is 1.74 bits per heavy atom. The SMILES string of the molecule is Cn1c(=O)c(CS(=O)(=O)c2ccc(Cl)cc2)nc2ccccc21. The second-order valence-corrected chi connectivity index (χ2v) is 7.55. The molecule has 5 nitrogen and oxygen atoms in total. The summed E-state index contributed by atoms with van der Waals surface area (Å²) in [4.78, 5) is 16.7. The Balaban J connectivity index is 2.09. The smallest absolute Gasteiger partial charge is 0.273 e. The quantitative estimate of drug-likeness (QED) is 0.729. The van der Waals surface area contributed by atoms with Gasteiger partial charge in [0.15, 0.2) is 9.84 Å². The molecule has 3 rings (SSSR count). The summed E-state index contributed by atoms with van der Waals surface area (Å²) in [6.07, 6.45) is 0. The Kier molecular flexibility index (Phi) is 3.95. The minimum absolute atomic E-state index is 0.00106. The van der Waals surface area contributed by atoms with Crippen molar-refractivity contribution in [1.29, 1.82) is 0 Å². The van der Waals surface area contributed by atoms with Gasteiger partial charge < -0.3 is 4.57 Å². The molecular formula is C16H13ClN2O3S. The summed E-state index contributed by atoms with van der Waals surface area (Å²) in [5.41, 5.74) is 0.823. The van der Waals surface area contributed by atoms with Crippen LogP contribution in [0.15, 0.2) is 58.2 Å². The van der Waals surface area contributed by atoms with E-state index in [1.165, 1.54) is 28.8 Å². The minimum atomic E-state index is -3.67. The summed E-state index contributed by atoms with van der Waals surface area (Å²) in [5.74, 6) is -0.452. The first-order valence-electron chi connectivity index (χ1n) is 6.81. The van der Waals surface area contributed by atoms with Crippen LogP contribution in [-0.2, 0) is 22.6 Å². The average molecular weight is 349 g/mol. The largest absolute Gasteiger partial charge is 0.308 e. The zero-order valence-electron chi connectivity index (χ0n) is 12.2. The summed E-state index contributed by atoms with van der Waals surface area (Å²) >= 11 is 5.77. The number of rotatable bonds is 3. The minimum Gasteiger partial charge on any atom is -0.308 e. The fraction of sp³-hybridized carbons (Fsp3) is 0.125. The van der Waals surface area contributed by atoms with Gasteiger partial charge in [0.25, 0.3) is 5.56 Å². The zero-order valence-corrected chi connectivity index (χ0v) is 13.8. The summed E-state index contributed by atoms with van der Waals surface area (Å²) in [6, 6.07) is 12.9. The van der Waals surface area contributed by atoms with Crippen molar-refractivity contribution in [3.63, 3.8) is 0 Å². The predicted molar refractivity (Wildman–Crippen MR) is 89.3 cm³/mol. The normalized spacial score (nSPS) is 11.7. The molecule has 0 bridgehead atoms. The van der Waals surface area contributed by atoms with Crippen molar-refractivity contribution in [3.8, 4) is 0 Å². The van der Waals surface area contributed by atoms with Crippen molar-refractivity contribution in [2.24, 2.45) is 7.05 Å². The molecule has 0 aliphatic carbocycles. The first kappa shape index (κ1) is 15.7. The zero-order chi connectivity index (χ0) is 16.6. The van der Waals surface area contributed by atoms with Crippen LogP contribution in [0.25, 0.3) is 11.0 Å². The van der Waals surface area contributed by atoms with Crippen LogP contribution in [0.4, 0.5) is 0 Å². The number of halogens is 1. The molecule has 0 unspecified atom stereocenters. The molecule has 7 heteroatoms. The molecule has 0 aliphatic heterocycles. The summed E-state index contributed by atoms with van der Waals surface area (Å²) in [5, 5.41) is 0.448. The van der Waals surface area contributed by atoms with E-state index in [0.717, 1.165) is 0 Å². The van der Waals surface area contributed by atoms with Gasteiger partial charge in [-0.05, 0) is 36.4 Å². The number of para-hydroxylation sites is 2. The van der Waals surface area contributed by atoms with Crippen molar-refractivity contribution >= 4 is 32.5 Å². The van der Waals surface area contributed by atoms with Gasteiger partial charge in [-0.1, -0.05) is 23.7 Å². The van der Waals surface area contributed by atoms with Gasteiger partial charge in [0.1, 0.15) is 11.4 Å². The fourth-order valence-corrected chi connectivity index (χ4v) is 3.73. The number of nitrogens with zero attached hydrogens (tertiary/aromatic N) is 2. The van der Waals surface area contributed by atoms with Gasteiger partial charge in [-0.25, -0.2) is 13.4 Å². The molecule has 0 saturated heterocycles. The number of aryl methyl sites for hydroxylation is 1. The molecule has 0 N–H and O–H groups in total. The lowest BCUT2D eigenvalue weighted by molar-refractivity contribution is 0.594. The van der Waals surface area contributed by atoms with Gasteiger partial charge in [-0.15, -0.1) is 0 Å². The van der Waals surface area contributed by atoms with Gasteiger partial charge in [0, 0.05) is 12.1 Å². The first-order valence-corrected chi connectivity index (χ1v) is 8.84. The first-order chi connectivity index (χ1) is 10.9. The molecule has 3 aromatic rings. The number of benzene rings is 2. The highest BCUT2D eigenvalue weighted by Crippen LogP contribution is 2.18. The van der Waals surface area contributed by atoms with E-state index in [9.17, 15) is 13.2 Å². The molecule has 1 aromatic heterocycles. The maximum absolute atomic E-state index is 12.5. The molecule has 0 fully saturated rings. The highest BCUT2D eigenvalue weighted by Gasteiger charge is 2.19. The molecule has 0 aliphatic rings. The van der Waals surface area contributed by atoms with Crippen LogP contribution in [0.5, 0.6) is 0 Å². The van der Waals surface area contributed by atoms with Crippen molar-refractivity contribution in [2.75, 3.05) is 0 Å². The number of hydrogen-bond acceptors (Lipinski definition) is 4. The van der Waals surface area contributed by atoms with Crippen LogP contribution in [-0.4, -0.2) is 18.0 Å². The Hall–Kier alpha value is -2.18. The third-order valence-electron chi connectivity index (χ3n) is 3.55. The third-order valence-corrected chi connectivity index (χ3v) is 5.45. The summed E-state index contributed by atoms with van der Waals surface area (Å²) in [7, 11) is -2.07. The highest BCUT2D eigenvalue weighted by atomic mass is 35.5. The van der Waals surface area contributed by atoms with Gasteiger partial charge in [-0.3, -0.25) is 4.79 Å². The molecule has 0 atom stereocenters. The van der Waals surface area contributed by atoms with E-state index in [0.29, 0.717) is 16.1 Å². The molecule has 2 aromatic carbocycles. The van der Waals surface area contributed by atoms with Crippen LogP contribution in [0, 0.1) is 0 Å². The van der Waals surface area contributed by atoms with Crippen LogP contribution in [0.3, 0.4) is 0 Å². The molecule has 0 radical (unpaired) electrons. The number of hydrogen-bond donors (Lipinski definition) is 0. The average Bonchev–Trinajstić information content (AvgIpc) is 2.52. The highest BCUT2D eigenvalue weighted by molar-refractivity contribution is 7.90. The second kappa shape index (κ2) is 5.79. The maximum atomic E-state index is 12.5. The van der Waals surface area contributed by atoms with E-state index in [1.807, 2.05) is 0 Å². The number of aromatic nitrogens is 2. The van der Waals surface area contributed by atoms with Crippen molar-refractivity contribution < 1.29 is 8.42 Å². The van der Waals surface area contributed by atoms with Crippen molar-refractivity contribution in [3.05, 3.63) is 69.6 Å². The maximum Gasteiger partial charge on any atom is 0.273 e. The van der Waals surface area contributed by atoms with Gasteiger partial charge in [-0.2, -0.15) is 0 Å². The van der Waals surface area contributed by atoms with E-state index >= 15 is 0 Å². The number of fused-ring (bicyclic) bond motifs is 1. The monoisotopic (exact) mass is 348 g/mol. The summed E-state index contributed by atoms with van der Waals surface area (Å²) < 4.78 is 26.4. The lowest BCUT2D eigenvalue weighted by Gasteiger charge is -2.08. The van der Waals surface area contributed by atoms with E-state index in [-0.39, 0.29) is 10.6 Å². The van der Waals surface area contributed by atoms with Gasteiger partial charge >= 0.3 is 0 Å². The van der Waals surface area contributed by atoms with Gasteiger partial charge in [0.05, 0.1) is 15.9 Å². The molecule has 0 amide bonds. The van der Waals surface area contributed by atoms with Crippen molar-refractivity contribution in [1.82, 2.24) is 9.55 Å². The van der Waals surface area contributed by atoms with E-state index in [2.05, 4.69) is 4.98 Å². The summed E-state index contributed by atoms with van der Waals surface area (Å²) in [6.45, 7) is 0. The van der Waals surface area contributed by atoms with Gasteiger partial charge in [0.2, 0.25) is 0 Å². The Labute approximate surface area is 138 Å². The molecule has 23 heavy (non-hydrogen) atoms. The Morgan fingerprint density at radius 3 is 2.43 bits per heavy atom. The van der Waals surface area contributed by atoms with E-state index < -0.39 is 21.1 Å². The standard InChI is InChI=1S/C16H13ClN2O3S/c1-19-15-5-3-2-4-13(15)18-14(16(19)20)10-23(21,22)12-8-6-11(17)7-9-12/h2-9H,10H2,1H3. The molecule has 0 spiro atoms. The third kappa shape index (κ3) is 3.00. The Morgan fingerprint density at radius 1 is 1.09 bits per heavy atom. The second-order valence-electron chi connectivity index (χ2n) is 5.12. The lowest BCUT2D eigenvalue weighted by Crippen LogP contribution is -2.25. The molecule has 1 heterocycles. The van der Waals surface area contributed by atoms with Crippen LogP contribution >= 0.6 is 11.6 Å². The Bertz CT molecular complexity index is 1040. The van der Waals surface area contributed by atoms with E-state index in [4.69, 9.17) is 11.6 Å². The van der Waals surface area contributed by atoms with Crippen molar-refractivity contribution in [2.45, 2.75) is 10.6 Å². The molecule has 0 saturated carbocycles. The fourth-order valence-electron chi connectivity index (χ4n) is 2.34. The molecular weight excluding hydrogens is 336 g/mol. The van der Waals surface area contributed by atoms with Crippen LogP contribution in [0.1, 0.15) is 5.69 Å². The number of sulfone groups is 1. The van der Waals surface area contributed by atoms with Crippen LogP contribution < -0.4 is 5.56 Å². The molecule has 118 valence electrons. The topological polar surface area (TPSA) is 69.0 Å². The van der Waals surface area contributed by atoms with E-state index in [1.54, 1.807) is 31.3 Å². The predicted octanol–water partition coefficient (Wildman–Crippen LogP) is 2.56. The van der Waals surface area contributed by atoms with Crippen LogP contribution in [0.2, 0.25) is 5.02 Å². The lowest BCUT2D eigenvalue weighted by atomic mass is 10.3.